The van der Waals surface area contributed by atoms with E-state index in [4.69, 9.17) is 9.47 Å². The topological polar surface area (TPSA) is 64.6 Å². The molecule has 0 unspecified atom stereocenters. The maximum absolute atomic E-state index is 12.6. The van der Waals surface area contributed by atoms with Gasteiger partial charge in [-0.05, 0) is 25.8 Å². The standard InChI is InChI=1S/C14H19N3O3/c1-2-19-12-4-3-11-13(12)20-8-7-17(11)14(18)10-5-6-15-16-9-10/h5-6,9,11-13H,2-4,7-8H2,1H3/t11-,12-,13+/m0/s1. The van der Waals surface area contributed by atoms with Crippen LogP contribution < -0.4 is 0 Å². The smallest absolute Gasteiger partial charge is 0.255 e. The molecule has 1 amide bonds. The number of fused-ring (bicyclic) bond motifs is 1. The lowest BCUT2D eigenvalue weighted by atomic mass is 10.1. The van der Waals surface area contributed by atoms with E-state index >= 15 is 0 Å². The minimum atomic E-state index is 0.00227. The Morgan fingerprint density at radius 2 is 2.40 bits per heavy atom. The van der Waals surface area contributed by atoms with Crippen LogP contribution in [0.25, 0.3) is 0 Å². The van der Waals surface area contributed by atoms with Crippen molar-refractivity contribution in [3.05, 3.63) is 24.0 Å². The molecule has 6 nitrogen and oxygen atoms in total. The second-order valence-corrected chi connectivity index (χ2v) is 5.10. The van der Waals surface area contributed by atoms with Crippen LogP contribution in [0.1, 0.15) is 30.1 Å². The number of ether oxygens (including phenoxy) is 2. The molecule has 2 aliphatic rings. The second-order valence-electron chi connectivity index (χ2n) is 5.10. The number of carbonyl (C=O) groups is 1. The van der Waals surface area contributed by atoms with Crippen molar-refractivity contribution in [1.82, 2.24) is 15.1 Å². The van der Waals surface area contributed by atoms with Crippen LogP contribution in [-0.4, -0.2) is 59.0 Å². The zero-order valence-electron chi connectivity index (χ0n) is 11.6. The average molecular weight is 277 g/mol. The molecular weight excluding hydrogens is 258 g/mol. The van der Waals surface area contributed by atoms with Gasteiger partial charge in [-0.2, -0.15) is 10.2 Å². The molecule has 1 aliphatic heterocycles. The minimum Gasteiger partial charge on any atom is -0.376 e. The van der Waals surface area contributed by atoms with Gasteiger partial charge in [0, 0.05) is 13.2 Å². The first-order valence-corrected chi connectivity index (χ1v) is 7.12. The summed E-state index contributed by atoms with van der Waals surface area (Å²) in [4.78, 5) is 14.5. The van der Waals surface area contributed by atoms with E-state index in [1.807, 2.05) is 11.8 Å². The largest absolute Gasteiger partial charge is 0.376 e. The van der Waals surface area contributed by atoms with Crippen LogP contribution >= 0.6 is 0 Å². The predicted molar refractivity (Wildman–Crippen MR) is 71.2 cm³/mol. The van der Waals surface area contributed by atoms with Crippen molar-refractivity contribution in [2.75, 3.05) is 19.8 Å². The van der Waals surface area contributed by atoms with E-state index in [-0.39, 0.29) is 24.2 Å². The van der Waals surface area contributed by atoms with Gasteiger partial charge in [0.25, 0.3) is 5.91 Å². The summed E-state index contributed by atoms with van der Waals surface area (Å²) in [5, 5.41) is 7.49. The number of rotatable bonds is 3. The van der Waals surface area contributed by atoms with Gasteiger partial charge in [0.15, 0.2) is 0 Å². The van der Waals surface area contributed by atoms with Crippen LogP contribution in [0.2, 0.25) is 0 Å². The highest BCUT2D eigenvalue weighted by Crippen LogP contribution is 2.32. The monoisotopic (exact) mass is 277 g/mol. The van der Waals surface area contributed by atoms with E-state index < -0.39 is 0 Å². The summed E-state index contributed by atoms with van der Waals surface area (Å²) in [6.45, 7) is 3.86. The Labute approximate surface area is 118 Å². The van der Waals surface area contributed by atoms with Gasteiger partial charge in [-0.1, -0.05) is 0 Å². The van der Waals surface area contributed by atoms with Crippen LogP contribution in [0.4, 0.5) is 0 Å². The van der Waals surface area contributed by atoms with Gasteiger partial charge in [0.05, 0.1) is 36.7 Å². The van der Waals surface area contributed by atoms with E-state index in [9.17, 15) is 4.79 Å². The van der Waals surface area contributed by atoms with Crippen molar-refractivity contribution >= 4 is 5.91 Å². The SMILES string of the molecule is CCO[C@H]1CC[C@H]2[C@H]1OCCN2C(=O)c1ccnnc1. The number of nitrogens with zero attached hydrogens (tertiary/aromatic N) is 3. The number of aromatic nitrogens is 2. The third kappa shape index (κ3) is 2.41. The van der Waals surface area contributed by atoms with Crippen molar-refractivity contribution in [1.29, 1.82) is 0 Å². The highest BCUT2D eigenvalue weighted by molar-refractivity contribution is 5.94. The molecule has 0 bridgehead atoms. The summed E-state index contributed by atoms with van der Waals surface area (Å²) in [5.41, 5.74) is 0.584. The lowest BCUT2D eigenvalue weighted by molar-refractivity contribution is -0.102. The third-order valence-electron chi connectivity index (χ3n) is 4.01. The van der Waals surface area contributed by atoms with Gasteiger partial charge >= 0.3 is 0 Å². The molecule has 0 radical (unpaired) electrons. The molecule has 20 heavy (non-hydrogen) atoms. The summed E-state index contributed by atoms with van der Waals surface area (Å²) in [6.07, 6.45) is 5.05. The minimum absolute atomic E-state index is 0.00227. The summed E-state index contributed by atoms with van der Waals surface area (Å²) < 4.78 is 11.6. The van der Waals surface area contributed by atoms with Gasteiger partial charge in [-0.25, -0.2) is 0 Å². The van der Waals surface area contributed by atoms with Gasteiger partial charge in [0.1, 0.15) is 6.10 Å². The molecule has 1 aliphatic carbocycles. The molecular formula is C14H19N3O3. The Bertz CT molecular complexity index is 468. The Balaban J connectivity index is 1.76. The van der Waals surface area contributed by atoms with Crippen molar-refractivity contribution < 1.29 is 14.3 Å². The summed E-state index contributed by atoms with van der Waals surface area (Å²) in [6, 6.07) is 1.82. The second kappa shape index (κ2) is 5.85. The first-order valence-electron chi connectivity index (χ1n) is 7.12. The lowest BCUT2D eigenvalue weighted by Gasteiger charge is -2.39. The highest BCUT2D eigenvalue weighted by Gasteiger charge is 2.44. The lowest BCUT2D eigenvalue weighted by Crippen LogP contribution is -2.53. The average Bonchev–Trinajstić information content (AvgIpc) is 2.91. The highest BCUT2D eigenvalue weighted by atomic mass is 16.5. The van der Waals surface area contributed by atoms with Crippen molar-refractivity contribution in [2.24, 2.45) is 0 Å². The van der Waals surface area contributed by atoms with Crippen LogP contribution in [0.15, 0.2) is 18.5 Å². The van der Waals surface area contributed by atoms with Crippen LogP contribution in [0.3, 0.4) is 0 Å². The predicted octanol–water partition coefficient (Wildman–Crippen LogP) is 0.885. The van der Waals surface area contributed by atoms with Gasteiger partial charge in [0.2, 0.25) is 0 Å². The zero-order chi connectivity index (χ0) is 13.9. The molecule has 108 valence electrons. The fourth-order valence-electron chi connectivity index (χ4n) is 3.14. The Hall–Kier alpha value is -1.53. The molecule has 1 saturated carbocycles. The molecule has 3 rings (SSSR count). The zero-order valence-corrected chi connectivity index (χ0v) is 11.6. The fourth-order valence-corrected chi connectivity index (χ4v) is 3.14. The molecule has 6 heteroatoms. The molecule has 3 atom stereocenters. The van der Waals surface area contributed by atoms with E-state index in [0.717, 1.165) is 12.8 Å². The molecule has 2 fully saturated rings. The van der Waals surface area contributed by atoms with Crippen molar-refractivity contribution in [3.63, 3.8) is 0 Å². The maximum atomic E-state index is 12.6. The summed E-state index contributed by atoms with van der Waals surface area (Å²) in [5.74, 6) is 0.00958. The Kier molecular flexibility index (Phi) is 3.93. The summed E-state index contributed by atoms with van der Waals surface area (Å²) in [7, 11) is 0. The number of amides is 1. The first kappa shape index (κ1) is 13.5. The maximum Gasteiger partial charge on any atom is 0.255 e. The molecule has 1 saturated heterocycles. The normalized spacial score (nSPS) is 29.2. The molecule has 2 heterocycles. The van der Waals surface area contributed by atoms with Gasteiger partial charge in [-0.15, -0.1) is 0 Å². The van der Waals surface area contributed by atoms with E-state index in [2.05, 4.69) is 10.2 Å². The molecule has 1 aromatic rings. The molecule has 0 N–H and O–H groups in total. The van der Waals surface area contributed by atoms with Crippen LogP contribution in [-0.2, 0) is 9.47 Å². The quantitative estimate of drug-likeness (QED) is 0.821. The Morgan fingerprint density at radius 1 is 1.50 bits per heavy atom. The molecule has 1 aromatic heterocycles. The van der Waals surface area contributed by atoms with E-state index in [0.29, 0.717) is 25.3 Å². The fraction of sp³-hybridized carbons (Fsp3) is 0.643. The first-order chi connectivity index (χ1) is 9.81. The van der Waals surface area contributed by atoms with E-state index in [1.54, 1.807) is 12.3 Å². The third-order valence-corrected chi connectivity index (χ3v) is 4.01. The van der Waals surface area contributed by atoms with Crippen LogP contribution in [0, 0.1) is 0 Å². The van der Waals surface area contributed by atoms with Gasteiger partial charge in [-0.3, -0.25) is 4.79 Å². The van der Waals surface area contributed by atoms with Crippen molar-refractivity contribution in [3.8, 4) is 0 Å². The van der Waals surface area contributed by atoms with Crippen LogP contribution in [0.5, 0.6) is 0 Å². The van der Waals surface area contributed by atoms with Crippen molar-refractivity contribution in [2.45, 2.75) is 38.0 Å². The number of carbonyl (C=O) groups excluding carboxylic acids is 1. The van der Waals surface area contributed by atoms with E-state index in [1.165, 1.54) is 6.20 Å². The molecule has 0 spiro atoms. The molecule has 0 aromatic carbocycles. The number of hydrogen-bond acceptors (Lipinski definition) is 5. The van der Waals surface area contributed by atoms with Gasteiger partial charge < -0.3 is 14.4 Å². The number of morpholine rings is 1. The summed E-state index contributed by atoms with van der Waals surface area (Å²) >= 11 is 0. The number of hydrogen-bond donors (Lipinski definition) is 0. The Morgan fingerprint density at radius 3 is 3.15 bits per heavy atom.